The van der Waals surface area contributed by atoms with Gasteiger partial charge in [0, 0.05) is 32.8 Å². The third-order valence-electron chi connectivity index (χ3n) is 15.7. The Hall–Kier alpha value is -11.7. The van der Waals surface area contributed by atoms with Crippen molar-refractivity contribution in [3.05, 3.63) is 269 Å². The maximum absolute atomic E-state index is 15.6. The summed E-state index contributed by atoms with van der Waals surface area (Å²) in [6, 6.07) is 77.8. The first-order chi connectivity index (χ1) is 40.5. The molecule has 13 rings (SSSR count). The van der Waals surface area contributed by atoms with E-state index in [2.05, 4.69) is 50.4 Å². The molecule has 2 heterocycles. The maximum Gasteiger partial charge on any atom is 0.417 e. The zero-order valence-electron chi connectivity index (χ0n) is 44.1. The second kappa shape index (κ2) is 20.2. The van der Waals surface area contributed by atoms with E-state index in [-0.39, 0.29) is 16.7 Å². The molecule has 11 aromatic carbocycles. The molecule has 83 heavy (non-hydrogen) atoms. The smallest absolute Gasteiger partial charge is 0.309 e. The first-order valence-electron chi connectivity index (χ1n) is 26.5. The van der Waals surface area contributed by atoms with Crippen molar-refractivity contribution in [3.63, 3.8) is 0 Å². The molecule has 0 aliphatic heterocycles. The fourth-order valence-electron chi connectivity index (χ4n) is 12.0. The summed E-state index contributed by atoms with van der Waals surface area (Å²) in [6.45, 7) is 9.68. The number of nitriles is 4. The number of rotatable bonds is 8. The summed E-state index contributed by atoms with van der Waals surface area (Å²) in [4.78, 5) is 3.83. The number of hydrogen-bond acceptors (Lipinski definition) is 4. The summed E-state index contributed by atoms with van der Waals surface area (Å²) in [6.07, 6.45) is -4.75. The van der Waals surface area contributed by atoms with Gasteiger partial charge < -0.3 is 9.13 Å². The van der Waals surface area contributed by atoms with Crippen molar-refractivity contribution < 1.29 is 13.2 Å². The average molecular weight is 1070 g/mol. The Morgan fingerprint density at radius 1 is 0.398 bits per heavy atom. The quantitative estimate of drug-likeness (QED) is 0.141. The summed E-state index contributed by atoms with van der Waals surface area (Å²) in [5.74, 6) is 0. The van der Waals surface area contributed by atoms with Crippen molar-refractivity contribution in [1.29, 1.82) is 21.0 Å². The number of nitrogens with zero attached hydrogens (tertiary/aromatic N) is 7. The molecule has 0 atom stereocenters. The standard InChI is InChI=1S/C73H40F3N7/c1-44-12-11-20-65(73(74,75)76)72(44)58-28-27-53(82-67-30-23-46(54-16-6-3-13-50(54)41-78)35-61(67)62-38-49(26-31-68(62)82)57-19-9-10-21-66(57)81-2)39-59(58)60-34-45(40-77)22-29-69(60)83-70-32-24-47(55-17-7-4-14-51(55)42-79)36-63(70)64-37-48(25-33-71(64)83)56-18-8-5-15-52(56)43-80/h3-39H,1H3. The highest BCUT2D eigenvalue weighted by Crippen LogP contribution is 2.48. The van der Waals surface area contributed by atoms with Crippen molar-refractivity contribution in [3.8, 4) is 102 Å². The molecule has 2 aromatic heterocycles. The van der Waals surface area contributed by atoms with Crippen molar-refractivity contribution in [1.82, 2.24) is 9.13 Å². The van der Waals surface area contributed by atoms with Crippen molar-refractivity contribution >= 4 is 49.3 Å². The van der Waals surface area contributed by atoms with Gasteiger partial charge in [0.15, 0.2) is 5.69 Å². The maximum atomic E-state index is 15.6. The Labute approximate surface area is 475 Å². The lowest BCUT2D eigenvalue weighted by Crippen LogP contribution is -2.09. The molecule has 0 saturated carbocycles. The summed E-state index contributed by atoms with van der Waals surface area (Å²) < 4.78 is 50.8. The van der Waals surface area contributed by atoms with E-state index in [0.717, 1.165) is 94.2 Å². The lowest BCUT2D eigenvalue weighted by atomic mass is 9.87. The van der Waals surface area contributed by atoms with Gasteiger partial charge in [0.2, 0.25) is 0 Å². The van der Waals surface area contributed by atoms with Crippen LogP contribution in [0.4, 0.5) is 18.9 Å². The highest BCUT2D eigenvalue weighted by molar-refractivity contribution is 6.14. The molecule has 0 N–H and O–H groups in total. The van der Waals surface area contributed by atoms with Crippen LogP contribution in [0.15, 0.2) is 224 Å². The highest BCUT2D eigenvalue weighted by Gasteiger charge is 2.35. The number of hydrogen-bond donors (Lipinski definition) is 0. The minimum Gasteiger partial charge on any atom is -0.309 e. The van der Waals surface area contributed by atoms with E-state index in [9.17, 15) is 21.0 Å². The largest absolute Gasteiger partial charge is 0.417 e. The summed E-state index contributed by atoms with van der Waals surface area (Å²) in [7, 11) is 0. The predicted octanol–water partition coefficient (Wildman–Crippen LogP) is 19.2. The van der Waals surface area contributed by atoms with Crippen LogP contribution in [0.1, 0.15) is 33.4 Å². The topological polar surface area (TPSA) is 109 Å². The van der Waals surface area contributed by atoms with Crippen LogP contribution in [0.5, 0.6) is 0 Å². The molecule has 0 amide bonds. The number of alkyl halides is 3. The first kappa shape index (κ1) is 50.7. The normalized spacial score (nSPS) is 11.3. The van der Waals surface area contributed by atoms with Gasteiger partial charge in [-0.25, -0.2) is 4.85 Å². The number of aromatic nitrogens is 2. The van der Waals surface area contributed by atoms with Crippen LogP contribution in [-0.2, 0) is 6.18 Å². The molecule has 7 nitrogen and oxygen atoms in total. The number of benzene rings is 11. The lowest BCUT2D eigenvalue weighted by Gasteiger charge is -2.22. The van der Waals surface area contributed by atoms with Crippen LogP contribution in [0, 0.1) is 58.8 Å². The molecule has 0 fully saturated rings. The second-order valence-corrected chi connectivity index (χ2v) is 20.3. The Morgan fingerprint density at radius 3 is 1.33 bits per heavy atom. The minimum atomic E-state index is -4.75. The number of halogens is 3. The third-order valence-corrected chi connectivity index (χ3v) is 15.7. The molecular weight excluding hydrogens is 1030 g/mol. The van der Waals surface area contributed by atoms with Crippen LogP contribution in [0.2, 0.25) is 0 Å². The highest BCUT2D eigenvalue weighted by atomic mass is 19.4. The zero-order chi connectivity index (χ0) is 57.1. The predicted molar refractivity (Wildman–Crippen MR) is 323 cm³/mol. The number of aryl methyl sites for hydroxylation is 1. The molecule has 0 bridgehead atoms. The summed E-state index contributed by atoms with van der Waals surface area (Å²) >= 11 is 0. The van der Waals surface area contributed by atoms with Crippen LogP contribution in [0.25, 0.3) is 127 Å². The van der Waals surface area contributed by atoms with Gasteiger partial charge in [-0.1, -0.05) is 121 Å². The van der Waals surface area contributed by atoms with Gasteiger partial charge in [-0.05, 0) is 177 Å². The molecule has 13 aromatic rings. The van der Waals surface area contributed by atoms with E-state index < -0.39 is 11.7 Å². The summed E-state index contributed by atoms with van der Waals surface area (Å²) in [5.41, 5.74) is 13.4. The minimum absolute atomic E-state index is 0.00943. The SMILES string of the molecule is [C-]#[N+]c1ccccc1-c1ccc2c(c1)c1cc(-c3ccccc3C#N)ccc1n2-c1ccc(-c2c(C)cccc2C(F)(F)F)c(-c2cc(C#N)ccc2-n2c3ccc(-c4ccccc4C#N)cc3c3cc(-c4ccccc4C#N)ccc32)c1. The van der Waals surface area contributed by atoms with Gasteiger partial charge in [0.1, 0.15) is 0 Å². The molecule has 388 valence electrons. The van der Waals surface area contributed by atoms with Crippen LogP contribution >= 0.6 is 0 Å². The Bertz CT molecular complexity index is 4890. The van der Waals surface area contributed by atoms with Gasteiger partial charge in [0.05, 0.1) is 86.4 Å². The van der Waals surface area contributed by atoms with E-state index in [1.165, 1.54) is 6.07 Å². The van der Waals surface area contributed by atoms with Gasteiger partial charge in [-0.3, -0.25) is 0 Å². The van der Waals surface area contributed by atoms with E-state index in [1.807, 2.05) is 152 Å². The van der Waals surface area contributed by atoms with Gasteiger partial charge in [-0.15, -0.1) is 0 Å². The Kier molecular flexibility index (Phi) is 12.3. The molecule has 0 saturated heterocycles. The molecular formula is C73H40F3N7. The van der Waals surface area contributed by atoms with Gasteiger partial charge in [0.25, 0.3) is 0 Å². The van der Waals surface area contributed by atoms with E-state index in [4.69, 9.17) is 6.57 Å². The molecule has 0 unspecified atom stereocenters. The molecule has 0 spiro atoms. The van der Waals surface area contributed by atoms with E-state index >= 15 is 13.2 Å². The van der Waals surface area contributed by atoms with Crippen LogP contribution in [0.3, 0.4) is 0 Å². The zero-order valence-corrected chi connectivity index (χ0v) is 44.1. The first-order valence-corrected chi connectivity index (χ1v) is 26.5. The Morgan fingerprint density at radius 2 is 0.855 bits per heavy atom. The van der Waals surface area contributed by atoms with Crippen molar-refractivity contribution in [2.45, 2.75) is 13.1 Å². The molecule has 0 aliphatic carbocycles. The van der Waals surface area contributed by atoms with Gasteiger partial charge in [-0.2, -0.15) is 34.2 Å². The van der Waals surface area contributed by atoms with Crippen molar-refractivity contribution in [2.24, 2.45) is 0 Å². The molecule has 0 radical (unpaired) electrons. The monoisotopic (exact) mass is 1070 g/mol. The third kappa shape index (κ3) is 8.50. The van der Waals surface area contributed by atoms with E-state index in [0.29, 0.717) is 50.4 Å². The number of para-hydroxylation sites is 1. The van der Waals surface area contributed by atoms with Gasteiger partial charge >= 0.3 is 6.18 Å². The van der Waals surface area contributed by atoms with E-state index in [1.54, 1.807) is 55.5 Å². The van der Waals surface area contributed by atoms with Crippen LogP contribution in [-0.4, -0.2) is 9.13 Å². The average Bonchev–Trinajstić information content (AvgIpc) is 2.22. The summed E-state index contributed by atoms with van der Waals surface area (Å²) in [5, 5.41) is 44.7. The fourth-order valence-corrected chi connectivity index (χ4v) is 12.0. The lowest BCUT2D eigenvalue weighted by molar-refractivity contribution is -0.137. The Balaban J connectivity index is 1.13. The fraction of sp³-hybridized carbons (Fsp3) is 0.0274. The van der Waals surface area contributed by atoms with Crippen LogP contribution < -0.4 is 0 Å². The number of fused-ring (bicyclic) bond motifs is 6. The van der Waals surface area contributed by atoms with Crippen molar-refractivity contribution in [2.75, 3.05) is 0 Å². The molecule has 0 aliphatic rings. The molecule has 10 heteroatoms. The second-order valence-electron chi connectivity index (χ2n) is 20.3.